The SMILES string of the molecule is CNc1cc(NC(C)C2CCCO2)nc(C(F)(F)F)n1. The third-order valence-corrected chi connectivity index (χ3v) is 3.13. The highest BCUT2D eigenvalue weighted by Crippen LogP contribution is 2.28. The van der Waals surface area contributed by atoms with Crippen molar-refractivity contribution >= 4 is 11.6 Å². The molecular formula is C12H17F3N4O. The van der Waals surface area contributed by atoms with E-state index in [1.165, 1.54) is 13.1 Å². The van der Waals surface area contributed by atoms with Crippen molar-refractivity contribution < 1.29 is 17.9 Å². The van der Waals surface area contributed by atoms with E-state index in [1.807, 2.05) is 6.92 Å². The summed E-state index contributed by atoms with van der Waals surface area (Å²) in [5.74, 6) is -0.902. The molecule has 0 spiro atoms. The van der Waals surface area contributed by atoms with Crippen LogP contribution in [0.1, 0.15) is 25.6 Å². The predicted molar refractivity (Wildman–Crippen MR) is 68.6 cm³/mol. The minimum Gasteiger partial charge on any atom is -0.376 e. The average Bonchev–Trinajstić information content (AvgIpc) is 2.91. The van der Waals surface area contributed by atoms with E-state index in [-0.39, 0.29) is 23.8 Å². The van der Waals surface area contributed by atoms with Gasteiger partial charge in [-0.1, -0.05) is 0 Å². The number of hydrogen-bond acceptors (Lipinski definition) is 5. The van der Waals surface area contributed by atoms with Crippen molar-refractivity contribution in [2.45, 2.75) is 38.1 Å². The van der Waals surface area contributed by atoms with E-state index >= 15 is 0 Å². The van der Waals surface area contributed by atoms with Crippen LogP contribution in [0, 0.1) is 0 Å². The van der Waals surface area contributed by atoms with Crippen molar-refractivity contribution in [2.75, 3.05) is 24.3 Å². The molecule has 2 rings (SSSR count). The third-order valence-electron chi connectivity index (χ3n) is 3.13. The third kappa shape index (κ3) is 3.50. The monoisotopic (exact) mass is 290 g/mol. The maximum atomic E-state index is 12.7. The molecule has 1 aliphatic heterocycles. The summed E-state index contributed by atoms with van der Waals surface area (Å²) in [4.78, 5) is 6.93. The Labute approximate surface area is 114 Å². The van der Waals surface area contributed by atoms with Gasteiger partial charge in [0.15, 0.2) is 0 Å². The molecule has 8 heteroatoms. The summed E-state index contributed by atoms with van der Waals surface area (Å²) in [6.07, 6.45) is -2.71. The van der Waals surface area contributed by atoms with Crippen molar-refractivity contribution in [1.82, 2.24) is 9.97 Å². The number of ether oxygens (including phenoxy) is 1. The summed E-state index contributed by atoms with van der Waals surface area (Å²) in [5.41, 5.74) is 0. The second-order valence-electron chi connectivity index (χ2n) is 4.69. The molecule has 2 unspecified atom stereocenters. The molecule has 1 aromatic heterocycles. The predicted octanol–water partition coefficient (Wildman–Crippen LogP) is 2.52. The van der Waals surface area contributed by atoms with E-state index in [0.717, 1.165) is 12.8 Å². The van der Waals surface area contributed by atoms with E-state index < -0.39 is 12.0 Å². The lowest BCUT2D eigenvalue weighted by Crippen LogP contribution is -2.30. The number of aromatic nitrogens is 2. The van der Waals surface area contributed by atoms with Crippen molar-refractivity contribution in [3.8, 4) is 0 Å². The zero-order valence-corrected chi connectivity index (χ0v) is 11.3. The van der Waals surface area contributed by atoms with Gasteiger partial charge in [0.1, 0.15) is 11.6 Å². The highest BCUT2D eigenvalue weighted by atomic mass is 19.4. The summed E-state index contributed by atoms with van der Waals surface area (Å²) in [6, 6.07) is 1.33. The van der Waals surface area contributed by atoms with Crippen LogP contribution in [-0.2, 0) is 10.9 Å². The van der Waals surface area contributed by atoms with E-state index in [9.17, 15) is 13.2 Å². The minimum absolute atomic E-state index is 0.00247. The molecule has 1 aromatic rings. The van der Waals surface area contributed by atoms with Crippen molar-refractivity contribution in [1.29, 1.82) is 0 Å². The van der Waals surface area contributed by atoms with Gasteiger partial charge in [-0.3, -0.25) is 0 Å². The molecule has 1 fully saturated rings. The zero-order chi connectivity index (χ0) is 14.8. The van der Waals surface area contributed by atoms with Crippen LogP contribution >= 0.6 is 0 Å². The first kappa shape index (κ1) is 14.8. The topological polar surface area (TPSA) is 59.1 Å². The molecule has 20 heavy (non-hydrogen) atoms. The molecule has 0 bridgehead atoms. The largest absolute Gasteiger partial charge is 0.451 e. The normalized spacial score (nSPS) is 20.8. The number of anilines is 2. The average molecular weight is 290 g/mol. The van der Waals surface area contributed by atoms with Gasteiger partial charge < -0.3 is 15.4 Å². The van der Waals surface area contributed by atoms with Crippen molar-refractivity contribution in [2.24, 2.45) is 0 Å². The van der Waals surface area contributed by atoms with Gasteiger partial charge in [0.05, 0.1) is 12.1 Å². The van der Waals surface area contributed by atoms with E-state index in [4.69, 9.17) is 4.74 Å². The van der Waals surface area contributed by atoms with Crippen LogP contribution < -0.4 is 10.6 Å². The molecule has 1 aliphatic rings. The van der Waals surface area contributed by atoms with Crippen LogP contribution in [0.3, 0.4) is 0 Å². The molecule has 2 heterocycles. The molecule has 2 atom stereocenters. The molecule has 0 aliphatic carbocycles. The van der Waals surface area contributed by atoms with Gasteiger partial charge >= 0.3 is 6.18 Å². The Balaban J connectivity index is 2.17. The Hall–Kier alpha value is -1.57. The maximum Gasteiger partial charge on any atom is 0.451 e. The summed E-state index contributed by atoms with van der Waals surface area (Å²) in [7, 11) is 1.51. The fraction of sp³-hybridized carbons (Fsp3) is 0.667. The highest BCUT2D eigenvalue weighted by molar-refractivity contribution is 5.48. The summed E-state index contributed by atoms with van der Waals surface area (Å²) in [5, 5.41) is 5.56. The van der Waals surface area contributed by atoms with E-state index in [0.29, 0.717) is 6.61 Å². The molecule has 0 amide bonds. The molecule has 0 aromatic carbocycles. The number of hydrogen-bond donors (Lipinski definition) is 2. The van der Waals surface area contributed by atoms with Gasteiger partial charge in [-0.25, -0.2) is 9.97 Å². The highest BCUT2D eigenvalue weighted by Gasteiger charge is 2.35. The number of rotatable bonds is 4. The lowest BCUT2D eigenvalue weighted by atomic mass is 10.1. The Morgan fingerprint density at radius 2 is 2.05 bits per heavy atom. The fourth-order valence-electron chi connectivity index (χ4n) is 2.10. The molecular weight excluding hydrogens is 273 g/mol. The maximum absolute atomic E-state index is 12.7. The van der Waals surface area contributed by atoms with Gasteiger partial charge in [-0.15, -0.1) is 0 Å². The second-order valence-corrected chi connectivity index (χ2v) is 4.69. The van der Waals surface area contributed by atoms with Gasteiger partial charge in [-0.2, -0.15) is 13.2 Å². The first-order chi connectivity index (χ1) is 9.40. The van der Waals surface area contributed by atoms with Crippen LogP contribution in [0.25, 0.3) is 0 Å². The Morgan fingerprint density at radius 3 is 2.60 bits per heavy atom. The van der Waals surface area contributed by atoms with Gasteiger partial charge in [0.2, 0.25) is 5.82 Å². The Kier molecular flexibility index (Phi) is 4.32. The molecule has 0 saturated carbocycles. The zero-order valence-electron chi connectivity index (χ0n) is 11.3. The summed E-state index contributed by atoms with van der Waals surface area (Å²) >= 11 is 0. The molecule has 2 N–H and O–H groups in total. The van der Waals surface area contributed by atoms with Crippen LogP contribution in [-0.4, -0.2) is 35.8 Å². The quantitative estimate of drug-likeness (QED) is 0.892. The lowest BCUT2D eigenvalue weighted by molar-refractivity contribution is -0.144. The molecule has 0 radical (unpaired) electrons. The number of nitrogens with zero attached hydrogens (tertiary/aromatic N) is 2. The second kappa shape index (κ2) is 5.82. The first-order valence-corrected chi connectivity index (χ1v) is 6.42. The van der Waals surface area contributed by atoms with Gasteiger partial charge in [0, 0.05) is 19.7 Å². The van der Waals surface area contributed by atoms with Crippen LogP contribution in [0.15, 0.2) is 6.07 Å². The lowest BCUT2D eigenvalue weighted by Gasteiger charge is -2.21. The van der Waals surface area contributed by atoms with Crippen LogP contribution in [0.2, 0.25) is 0 Å². The Bertz CT molecular complexity index is 461. The first-order valence-electron chi connectivity index (χ1n) is 6.42. The minimum atomic E-state index is -4.57. The molecule has 5 nitrogen and oxygen atoms in total. The molecule has 112 valence electrons. The molecule has 1 saturated heterocycles. The van der Waals surface area contributed by atoms with Gasteiger partial charge in [-0.05, 0) is 19.8 Å². The smallest absolute Gasteiger partial charge is 0.376 e. The van der Waals surface area contributed by atoms with Crippen LogP contribution in [0.5, 0.6) is 0 Å². The van der Waals surface area contributed by atoms with Crippen LogP contribution in [0.4, 0.5) is 24.8 Å². The number of alkyl halides is 3. The Morgan fingerprint density at radius 1 is 1.35 bits per heavy atom. The van der Waals surface area contributed by atoms with Crippen molar-refractivity contribution in [3.63, 3.8) is 0 Å². The van der Waals surface area contributed by atoms with E-state index in [1.54, 1.807) is 0 Å². The number of nitrogens with one attached hydrogen (secondary N) is 2. The van der Waals surface area contributed by atoms with Gasteiger partial charge in [0.25, 0.3) is 0 Å². The van der Waals surface area contributed by atoms with E-state index in [2.05, 4.69) is 20.6 Å². The van der Waals surface area contributed by atoms with Crippen molar-refractivity contribution in [3.05, 3.63) is 11.9 Å². The summed E-state index contributed by atoms with van der Waals surface area (Å²) in [6.45, 7) is 2.56. The standard InChI is InChI=1S/C12H17F3N4O/c1-7(8-4-3-5-20-8)17-10-6-9(16-2)18-11(19-10)12(13,14)15/h6-8H,3-5H2,1-2H3,(H2,16,17,18,19). The number of halogens is 3. The summed E-state index contributed by atoms with van der Waals surface area (Å²) < 4.78 is 43.6. The fourth-order valence-corrected chi connectivity index (χ4v) is 2.10.